The minimum absolute atomic E-state index is 0. The third kappa shape index (κ3) is 15.2. The second-order valence-electron chi connectivity index (χ2n) is 11.4. The Morgan fingerprint density at radius 2 is 1.67 bits per heavy atom. The highest BCUT2D eigenvalue weighted by molar-refractivity contribution is 8.13. The molecule has 27 nitrogen and oxygen atoms in total. The van der Waals surface area contributed by atoms with Crippen molar-refractivity contribution < 1.29 is 80.5 Å². The lowest BCUT2D eigenvalue weighted by Crippen LogP contribution is -2.46. The van der Waals surface area contributed by atoms with Gasteiger partial charge in [0.05, 0.1) is 19.5 Å². The Labute approximate surface area is 311 Å². The summed E-state index contributed by atoms with van der Waals surface area (Å²) < 4.78 is 61.8. The highest BCUT2D eigenvalue weighted by atomic mass is 32.2. The molecule has 3 heterocycles. The maximum Gasteiger partial charge on any atom is 0.481 e. The van der Waals surface area contributed by atoms with Crippen LogP contribution in [0, 0.1) is 5.41 Å². The van der Waals surface area contributed by atoms with Crippen LogP contribution >= 0.6 is 35.2 Å². The quantitative estimate of drug-likeness (QED) is 0.0606. The molecule has 1 saturated heterocycles. The van der Waals surface area contributed by atoms with Crippen molar-refractivity contribution in [2.24, 2.45) is 5.41 Å². The van der Waals surface area contributed by atoms with Gasteiger partial charge in [0.15, 0.2) is 22.8 Å². The maximum absolute atomic E-state index is 12.6. The van der Waals surface area contributed by atoms with Crippen molar-refractivity contribution in [3.8, 4) is 0 Å². The van der Waals surface area contributed by atoms with E-state index in [2.05, 4.69) is 34.4 Å². The number of ether oxygens (including phenoxy) is 1. The Hall–Kier alpha value is -2.56. The number of nitrogens with zero attached hydrogens (tertiary/aromatic N) is 4. The Morgan fingerprint density at radius 3 is 2.28 bits per heavy atom. The summed E-state index contributed by atoms with van der Waals surface area (Å²) in [5.74, 6) is -1.08. The molecule has 2 aromatic heterocycles. The molecular weight excluding hydrogens is 813 g/mol. The van der Waals surface area contributed by atoms with Gasteiger partial charge in [-0.2, -0.15) is 4.31 Å². The number of imidazole rings is 1. The Morgan fingerprint density at radius 1 is 1.04 bits per heavy atom. The van der Waals surface area contributed by atoms with Crippen molar-refractivity contribution in [3.05, 3.63) is 12.7 Å². The number of aromatic nitrogens is 4. The fourth-order valence-corrected chi connectivity index (χ4v) is 7.65. The molecule has 2 amide bonds. The second-order valence-corrected chi connectivity index (χ2v) is 16.9. The normalized spacial score (nSPS) is 21.4. The van der Waals surface area contributed by atoms with E-state index in [-0.39, 0.29) is 60.1 Å². The molecule has 0 spiro atoms. The van der Waals surface area contributed by atoms with Crippen LogP contribution in [0.2, 0.25) is 0 Å². The van der Waals surface area contributed by atoms with Crippen LogP contribution in [0.15, 0.2) is 12.7 Å². The molecule has 1 aliphatic rings. The minimum atomic E-state index is -5.56. The largest absolute Gasteiger partial charge is 0.481 e. The first-order valence-electron chi connectivity index (χ1n) is 14.5. The van der Waals surface area contributed by atoms with Crippen LogP contribution in [0.5, 0.6) is 0 Å². The number of phosphoric acid groups is 3. The molecule has 0 bridgehead atoms. The van der Waals surface area contributed by atoms with Crippen molar-refractivity contribution in [2.75, 3.05) is 37.8 Å². The third-order valence-corrected chi connectivity index (χ3v) is 10.7. The number of rotatable bonds is 19. The molecule has 19 N–H and O–H groups in total. The predicted octanol–water partition coefficient (Wildman–Crippen LogP) is -0.829. The van der Waals surface area contributed by atoms with Crippen LogP contribution in [0.3, 0.4) is 0 Å². The second kappa shape index (κ2) is 21.1. The molecule has 31 heteroatoms. The number of amides is 2. The standard InChI is InChI=1S/C23H38N7O17P3S.3H3N/c1-12(31)51-7-6-25-14(32)4-5-26-21(35)18(34)23(2,3)9-44-50(41,42)47-49(39,40)43-8-13-17(46-48(36,37)38)16(33)22(45-13)30-11-29-15-19(24)27-10-28-20(15)30;;;/h10-11,13,16-18,22,33-34H,4-9H2,1-3H3,(H,25,32)(H,26,35)(H,39,40)(H,41,42)(H2,24,27,28)(H2,36,37,38);3*1H3/t13-,16+,17?,18+,22-;;;/m1.../s1. The first-order chi connectivity index (χ1) is 23.5. The van der Waals surface area contributed by atoms with E-state index in [0.29, 0.717) is 5.75 Å². The summed E-state index contributed by atoms with van der Waals surface area (Å²) in [6.45, 7) is 1.90. The first kappa shape index (κ1) is 51.4. The zero-order valence-corrected chi connectivity index (χ0v) is 32.7. The van der Waals surface area contributed by atoms with Gasteiger partial charge in [0, 0.05) is 37.6 Å². The van der Waals surface area contributed by atoms with Crippen LogP contribution in [0.4, 0.5) is 5.82 Å². The molecule has 0 aliphatic carbocycles. The number of phosphoric ester groups is 3. The van der Waals surface area contributed by atoms with E-state index in [9.17, 15) is 57.9 Å². The molecule has 3 unspecified atom stereocenters. The lowest BCUT2D eigenvalue weighted by molar-refractivity contribution is -0.137. The predicted molar refractivity (Wildman–Crippen MR) is 188 cm³/mol. The summed E-state index contributed by atoms with van der Waals surface area (Å²) in [5.41, 5.74) is 4.26. The maximum atomic E-state index is 12.6. The van der Waals surface area contributed by atoms with Gasteiger partial charge in [-0.05, 0) is 0 Å². The van der Waals surface area contributed by atoms with E-state index in [1.807, 2.05) is 0 Å². The summed E-state index contributed by atoms with van der Waals surface area (Å²) in [7, 11) is -16.4. The molecule has 0 saturated carbocycles. The van der Waals surface area contributed by atoms with Gasteiger partial charge in [-0.15, -0.1) is 0 Å². The van der Waals surface area contributed by atoms with Crippen molar-refractivity contribution in [1.82, 2.24) is 48.6 Å². The number of aliphatic hydroxyl groups excluding tert-OH is 2. The molecule has 7 atom stereocenters. The highest BCUT2D eigenvalue weighted by Crippen LogP contribution is 2.61. The van der Waals surface area contributed by atoms with Crippen LogP contribution in [-0.4, -0.2) is 123 Å². The molecule has 0 aromatic carbocycles. The number of carbonyl (C=O) groups is 3. The van der Waals surface area contributed by atoms with E-state index in [1.54, 1.807) is 0 Å². The van der Waals surface area contributed by atoms with Crippen LogP contribution in [-0.2, 0) is 50.7 Å². The fourth-order valence-electron chi connectivity index (χ4n) is 4.32. The highest BCUT2D eigenvalue weighted by Gasteiger charge is 2.50. The van der Waals surface area contributed by atoms with Crippen LogP contribution in [0.25, 0.3) is 11.2 Å². The third-order valence-electron chi connectivity index (χ3n) is 6.81. The minimum Gasteiger partial charge on any atom is -0.386 e. The summed E-state index contributed by atoms with van der Waals surface area (Å²) >= 11 is 1.03. The molecule has 2 aromatic rings. The smallest absolute Gasteiger partial charge is 0.386 e. The van der Waals surface area contributed by atoms with Gasteiger partial charge in [0.1, 0.15) is 36.3 Å². The van der Waals surface area contributed by atoms with E-state index in [1.165, 1.54) is 20.8 Å². The lowest BCUT2D eigenvalue weighted by Gasteiger charge is -2.30. The summed E-state index contributed by atoms with van der Waals surface area (Å²) in [5, 5.41) is 26.1. The van der Waals surface area contributed by atoms with E-state index < -0.39 is 84.6 Å². The van der Waals surface area contributed by atoms with Crippen molar-refractivity contribution in [2.45, 2.75) is 57.8 Å². The van der Waals surface area contributed by atoms with Crippen molar-refractivity contribution in [1.29, 1.82) is 0 Å². The topological polar surface area (TPSA) is 469 Å². The molecule has 3 rings (SSSR count). The number of thioether (sulfide) groups is 1. The summed E-state index contributed by atoms with van der Waals surface area (Å²) in [6.07, 6.45) is -6.88. The zero-order chi connectivity index (χ0) is 38.4. The number of hydrogen-bond acceptors (Lipinski definition) is 21. The average molecular weight is 861 g/mol. The van der Waals surface area contributed by atoms with Gasteiger partial charge in [-0.25, -0.2) is 28.6 Å². The van der Waals surface area contributed by atoms with E-state index in [4.69, 9.17) is 19.5 Å². The number of anilines is 1. The zero-order valence-electron chi connectivity index (χ0n) is 29.2. The lowest BCUT2D eigenvalue weighted by atomic mass is 9.87. The monoisotopic (exact) mass is 860 g/mol. The Balaban J connectivity index is 0.00000936. The number of nitrogen functional groups attached to an aromatic ring is 1. The molecule has 1 aliphatic heterocycles. The Kier molecular flexibility index (Phi) is 20.1. The van der Waals surface area contributed by atoms with Crippen LogP contribution in [0.1, 0.15) is 33.4 Å². The van der Waals surface area contributed by atoms with Gasteiger partial charge in [-0.1, -0.05) is 25.6 Å². The Bertz CT molecular complexity index is 1720. The van der Waals surface area contributed by atoms with Gasteiger partial charge in [-0.3, -0.25) is 32.5 Å². The first-order valence-corrected chi connectivity index (χ1v) is 20.0. The molecule has 54 heavy (non-hydrogen) atoms. The number of fused-ring (bicyclic) bond motifs is 1. The van der Waals surface area contributed by atoms with Gasteiger partial charge in [0.25, 0.3) is 0 Å². The average Bonchev–Trinajstić information content (AvgIpc) is 3.57. The number of aliphatic hydroxyl groups is 2. The van der Waals surface area contributed by atoms with Gasteiger partial charge >= 0.3 is 23.5 Å². The van der Waals surface area contributed by atoms with Gasteiger partial charge < -0.3 is 69.3 Å². The molecule has 312 valence electrons. The fraction of sp³-hybridized carbons (Fsp3) is 0.652. The van der Waals surface area contributed by atoms with E-state index in [0.717, 1.165) is 29.0 Å². The number of hydrogen-bond donors (Lipinski definition) is 12. The number of nitrogens with two attached hydrogens (primary N) is 1. The number of carbonyl (C=O) groups excluding carboxylic acids is 3. The molecular formula is C23H47N10O17P3S. The summed E-state index contributed by atoms with van der Waals surface area (Å²) in [4.78, 5) is 85.9. The molecule has 0 radical (unpaired) electrons. The summed E-state index contributed by atoms with van der Waals surface area (Å²) in [6, 6.07) is 0. The van der Waals surface area contributed by atoms with Crippen LogP contribution < -0.4 is 34.8 Å². The number of nitrogens with one attached hydrogen (secondary N) is 2. The van der Waals surface area contributed by atoms with Crippen molar-refractivity contribution in [3.63, 3.8) is 0 Å². The SMILES string of the molecule is CC(=O)SCCNC(=O)CCNC(=O)[C@H](O)C(C)(C)COP(=O)(O)OP(=O)(O)OC[C@H]1O[C@@H](n2cnc3c(N)ncnc32)[C@@H](O)C1OP(=O)(O)O.N.N.N. The van der Waals surface area contributed by atoms with Gasteiger partial charge in [0.2, 0.25) is 11.8 Å². The van der Waals surface area contributed by atoms with Crippen molar-refractivity contribution >= 4 is 69.1 Å². The molecule has 1 fully saturated rings. The van der Waals surface area contributed by atoms with E-state index >= 15 is 0 Å².